The van der Waals surface area contributed by atoms with E-state index < -0.39 is 11.7 Å². The summed E-state index contributed by atoms with van der Waals surface area (Å²) in [7, 11) is 0. The first-order valence-corrected chi connectivity index (χ1v) is 5.11. The maximum absolute atomic E-state index is 11.8. The Morgan fingerprint density at radius 1 is 1.53 bits per heavy atom. The molecule has 0 saturated carbocycles. The van der Waals surface area contributed by atoms with Gasteiger partial charge < -0.3 is 9.84 Å². The molecular weight excluding hydrogens is 216 g/mol. The van der Waals surface area contributed by atoms with Gasteiger partial charge in [-0.1, -0.05) is 0 Å². The molecule has 2 rings (SSSR count). The number of hydrogen-bond acceptors (Lipinski definition) is 5. The predicted octanol–water partition coefficient (Wildman–Crippen LogP) is 1.61. The molecule has 5 heteroatoms. The molecule has 4 nitrogen and oxygen atoms in total. The van der Waals surface area contributed by atoms with Crippen LogP contribution in [0.25, 0.3) is 0 Å². The molecule has 1 aromatic heterocycles. The summed E-state index contributed by atoms with van der Waals surface area (Å²) in [5, 5.41) is 9.28. The second-order valence-corrected chi connectivity index (χ2v) is 4.43. The standard InChI is InChI=1S/C10H8O4S/c1-5-2-3-7(15-5)8(11)6-4-14-10(13)9(6)12/h2-3,12H,4H2,1H3. The minimum absolute atomic E-state index is 0.0434. The number of ketones is 1. The molecule has 0 atom stereocenters. The molecule has 1 N–H and O–H groups in total. The van der Waals surface area contributed by atoms with Gasteiger partial charge in [-0.15, -0.1) is 11.3 Å². The number of aliphatic hydroxyl groups is 1. The lowest BCUT2D eigenvalue weighted by Crippen LogP contribution is -2.04. The molecule has 0 fully saturated rings. The maximum atomic E-state index is 11.8. The molecule has 15 heavy (non-hydrogen) atoms. The largest absolute Gasteiger partial charge is 0.501 e. The number of rotatable bonds is 2. The molecule has 0 saturated heterocycles. The Labute approximate surface area is 89.8 Å². The van der Waals surface area contributed by atoms with Crippen molar-refractivity contribution in [2.75, 3.05) is 6.61 Å². The van der Waals surface area contributed by atoms with Gasteiger partial charge in [0.05, 0.1) is 10.5 Å². The zero-order valence-corrected chi connectivity index (χ0v) is 8.76. The van der Waals surface area contributed by atoms with E-state index in [9.17, 15) is 14.7 Å². The predicted molar refractivity (Wildman–Crippen MR) is 54.0 cm³/mol. The summed E-state index contributed by atoms with van der Waals surface area (Å²) < 4.78 is 4.55. The van der Waals surface area contributed by atoms with Crippen LogP contribution in [-0.2, 0) is 9.53 Å². The van der Waals surface area contributed by atoms with Crippen LogP contribution in [0.15, 0.2) is 23.5 Å². The molecule has 0 bridgehead atoms. The summed E-state index contributed by atoms with van der Waals surface area (Å²) in [5.41, 5.74) is 0.0434. The minimum atomic E-state index is -0.827. The zero-order valence-electron chi connectivity index (χ0n) is 7.94. The third kappa shape index (κ3) is 1.66. The monoisotopic (exact) mass is 224 g/mol. The van der Waals surface area contributed by atoms with Gasteiger partial charge >= 0.3 is 5.97 Å². The highest BCUT2D eigenvalue weighted by atomic mass is 32.1. The summed E-state index contributed by atoms with van der Waals surface area (Å²) in [6, 6.07) is 3.48. The van der Waals surface area contributed by atoms with E-state index in [0.29, 0.717) is 4.88 Å². The molecule has 2 heterocycles. The molecule has 1 aliphatic rings. The topological polar surface area (TPSA) is 63.6 Å². The van der Waals surface area contributed by atoms with Crippen molar-refractivity contribution in [3.05, 3.63) is 33.2 Å². The van der Waals surface area contributed by atoms with Crippen LogP contribution in [0.2, 0.25) is 0 Å². The Bertz CT molecular complexity index is 470. The lowest BCUT2D eigenvalue weighted by Gasteiger charge is -1.95. The van der Waals surface area contributed by atoms with Gasteiger partial charge in [-0.2, -0.15) is 0 Å². The summed E-state index contributed by atoms with van der Waals surface area (Å²) in [5.74, 6) is -1.73. The summed E-state index contributed by atoms with van der Waals surface area (Å²) in [4.78, 5) is 24.1. The van der Waals surface area contributed by atoms with Crippen LogP contribution >= 0.6 is 11.3 Å². The molecule has 0 amide bonds. The Kier molecular flexibility index (Phi) is 2.32. The summed E-state index contributed by atoms with van der Waals surface area (Å²) >= 11 is 1.32. The van der Waals surface area contributed by atoms with Gasteiger partial charge in [-0.25, -0.2) is 4.79 Å². The number of aryl methyl sites for hydroxylation is 1. The lowest BCUT2D eigenvalue weighted by molar-refractivity contribution is -0.138. The van der Waals surface area contributed by atoms with Crippen LogP contribution in [0, 0.1) is 6.92 Å². The van der Waals surface area contributed by atoms with E-state index >= 15 is 0 Å². The van der Waals surface area contributed by atoms with Crippen LogP contribution in [0.3, 0.4) is 0 Å². The van der Waals surface area contributed by atoms with Crippen molar-refractivity contribution >= 4 is 23.1 Å². The molecule has 0 aromatic carbocycles. The normalized spacial score (nSPS) is 15.7. The highest BCUT2D eigenvalue weighted by Crippen LogP contribution is 2.23. The summed E-state index contributed by atoms with van der Waals surface area (Å²) in [6.45, 7) is 1.74. The van der Waals surface area contributed by atoms with E-state index in [-0.39, 0.29) is 18.0 Å². The number of thiophene rings is 1. The molecule has 0 aliphatic carbocycles. The molecular formula is C10H8O4S. The van der Waals surface area contributed by atoms with Crippen LogP contribution in [0.1, 0.15) is 14.5 Å². The highest BCUT2D eigenvalue weighted by molar-refractivity contribution is 7.14. The molecule has 0 spiro atoms. The second kappa shape index (κ2) is 3.51. The number of Topliss-reactive ketones (excluding diaryl/α,β-unsaturated/α-hetero) is 1. The highest BCUT2D eigenvalue weighted by Gasteiger charge is 2.30. The van der Waals surface area contributed by atoms with Gasteiger partial charge in [-0.05, 0) is 19.1 Å². The van der Waals surface area contributed by atoms with E-state index in [1.54, 1.807) is 6.07 Å². The van der Waals surface area contributed by atoms with Crippen molar-refractivity contribution in [3.63, 3.8) is 0 Å². The Morgan fingerprint density at radius 3 is 2.73 bits per heavy atom. The smallest absolute Gasteiger partial charge is 0.374 e. The first kappa shape index (κ1) is 9.92. The van der Waals surface area contributed by atoms with Crippen molar-refractivity contribution < 1.29 is 19.4 Å². The quantitative estimate of drug-likeness (QED) is 0.612. The summed E-state index contributed by atoms with van der Waals surface area (Å²) in [6.07, 6.45) is 0. The second-order valence-electron chi connectivity index (χ2n) is 3.14. The van der Waals surface area contributed by atoms with Crippen molar-refractivity contribution in [2.24, 2.45) is 0 Å². The van der Waals surface area contributed by atoms with E-state index in [4.69, 9.17) is 0 Å². The van der Waals surface area contributed by atoms with E-state index in [2.05, 4.69) is 4.74 Å². The van der Waals surface area contributed by atoms with Crippen molar-refractivity contribution in [1.29, 1.82) is 0 Å². The number of carbonyl (C=O) groups is 2. The van der Waals surface area contributed by atoms with Crippen LogP contribution < -0.4 is 0 Å². The Morgan fingerprint density at radius 2 is 2.27 bits per heavy atom. The van der Waals surface area contributed by atoms with E-state index in [1.807, 2.05) is 13.0 Å². The molecule has 0 unspecified atom stereocenters. The zero-order chi connectivity index (χ0) is 11.0. The molecule has 1 aromatic rings. The fourth-order valence-electron chi connectivity index (χ4n) is 1.28. The van der Waals surface area contributed by atoms with Crippen LogP contribution in [-0.4, -0.2) is 23.5 Å². The van der Waals surface area contributed by atoms with Crippen LogP contribution in [0.5, 0.6) is 0 Å². The third-order valence-corrected chi connectivity index (χ3v) is 3.06. The number of esters is 1. The Balaban J connectivity index is 2.34. The van der Waals surface area contributed by atoms with Gasteiger partial charge in [0.1, 0.15) is 6.61 Å². The van der Waals surface area contributed by atoms with Crippen molar-refractivity contribution in [2.45, 2.75) is 6.92 Å². The van der Waals surface area contributed by atoms with Crippen molar-refractivity contribution in [1.82, 2.24) is 0 Å². The number of hydrogen-bond donors (Lipinski definition) is 1. The first-order valence-electron chi connectivity index (χ1n) is 4.30. The van der Waals surface area contributed by atoms with Gasteiger partial charge in [0.15, 0.2) is 0 Å². The average molecular weight is 224 g/mol. The fraction of sp³-hybridized carbons (Fsp3) is 0.200. The lowest BCUT2D eigenvalue weighted by atomic mass is 10.1. The Hall–Kier alpha value is -1.62. The van der Waals surface area contributed by atoms with E-state index in [1.165, 1.54) is 11.3 Å². The number of aliphatic hydroxyl groups excluding tert-OH is 1. The number of carbonyl (C=O) groups excluding carboxylic acids is 2. The van der Waals surface area contributed by atoms with Gasteiger partial charge in [0.25, 0.3) is 0 Å². The first-order chi connectivity index (χ1) is 7.09. The van der Waals surface area contributed by atoms with E-state index in [0.717, 1.165) is 4.88 Å². The third-order valence-electron chi connectivity index (χ3n) is 2.07. The van der Waals surface area contributed by atoms with Crippen LogP contribution in [0.4, 0.5) is 0 Å². The van der Waals surface area contributed by atoms with Gasteiger partial charge in [-0.3, -0.25) is 4.79 Å². The minimum Gasteiger partial charge on any atom is -0.501 e. The number of ether oxygens (including phenoxy) is 1. The fourth-order valence-corrected chi connectivity index (χ4v) is 2.11. The number of cyclic esters (lactones) is 1. The maximum Gasteiger partial charge on any atom is 0.374 e. The molecule has 1 aliphatic heterocycles. The average Bonchev–Trinajstić information content (AvgIpc) is 2.75. The molecule has 0 radical (unpaired) electrons. The SMILES string of the molecule is Cc1ccc(C(=O)C2=C(O)C(=O)OC2)s1. The van der Waals surface area contributed by atoms with Gasteiger partial charge in [0, 0.05) is 4.88 Å². The molecule has 78 valence electrons. The van der Waals surface area contributed by atoms with Crippen molar-refractivity contribution in [3.8, 4) is 0 Å². The van der Waals surface area contributed by atoms with Gasteiger partial charge in [0.2, 0.25) is 11.5 Å².